The first-order chi connectivity index (χ1) is 12.3. The molecular formula is C18H21N3O3S2. The molecule has 1 aliphatic heterocycles. The van der Waals surface area contributed by atoms with Crippen molar-refractivity contribution in [3.8, 4) is 0 Å². The second kappa shape index (κ2) is 7.30. The Morgan fingerprint density at radius 2 is 2.08 bits per heavy atom. The molecule has 138 valence electrons. The zero-order valence-corrected chi connectivity index (χ0v) is 16.2. The average Bonchev–Trinajstić information content (AvgIpc) is 2.89. The number of primary sulfonamides is 1. The van der Waals surface area contributed by atoms with E-state index < -0.39 is 10.0 Å². The monoisotopic (exact) mass is 391 g/mol. The number of carbonyl (C=O) groups excluding carboxylic acids is 1. The van der Waals surface area contributed by atoms with Gasteiger partial charge in [-0.2, -0.15) is 0 Å². The van der Waals surface area contributed by atoms with E-state index >= 15 is 0 Å². The molecule has 0 saturated heterocycles. The number of fused-ring (bicyclic) bond motifs is 1. The van der Waals surface area contributed by atoms with Crippen LogP contribution >= 0.6 is 11.8 Å². The predicted octanol–water partition coefficient (Wildman–Crippen LogP) is 2.45. The first-order valence-electron chi connectivity index (χ1n) is 8.14. The second-order valence-electron chi connectivity index (χ2n) is 6.30. The Labute approximate surface area is 157 Å². The second-order valence-corrected chi connectivity index (χ2v) is 8.74. The number of sulfonamides is 1. The van der Waals surface area contributed by atoms with Crippen LogP contribution in [0, 0.1) is 0 Å². The lowest BCUT2D eigenvalue weighted by Gasteiger charge is -2.24. The lowest BCUT2D eigenvalue weighted by atomic mass is 10.1. The number of anilines is 2. The highest BCUT2D eigenvalue weighted by Gasteiger charge is 2.28. The van der Waals surface area contributed by atoms with E-state index in [0.29, 0.717) is 6.42 Å². The molecule has 0 unspecified atom stereocenters. The van der Waals surface area contributed by atoms with Gasteiger partial charge in [-0.3, -0.25) is 4.79 Å². The number of hydrogen-bond donors (Lipinski definition) is 2. The summed E-state index contributed by atoms with van der Waals surface area (Å²) in [5.74, 6) is -0.113. The van der Waals surface area contributed by atoms with Crippen molar-refractivity contribution < 1.29 is 13.2 Å². The number of benzene rings is 2. The van der Waals surface area contributed by atoms with Gasteiger partial charge in [0.1, 0.15) is 0 Å². The fourth-order valence-electron chi connectivity index (χ4n) is 3.15. The minimum absolute atomic E-state index is 0.101. The molecule has 0 aliphatic carbocycles. The van der Waals surface area contributed by atoms with Gasteiger partial charge in [-0.15, -0.1) is 11.8 Å². The first kappa shape index (κ1) is 18.8. The molecule has 0 fully saturated rings. The van der Waals surface area contributed by atoms with Crippen molar-refractivity contribution in [2.75, 3.05) is 23.0 Å². The number of hydrogen-bond acceptors (Lipinski definition) is 5. The summed E-state index contributed by atoms with van der Waals surface area (Å²) in [7, 11) is -3.73. The van der Waals surface area contributed by atoms with Crippen molar-refractivity contribution in [1.82, 2.24) is 0 Å². The number of rotatable bonds is 5. The molecule has 2 aromatic carbocycles. The van der Waals surface area contributed by atoms with E-state index in [-0.39, 0.29) is 23.4 Å². The Kier molecular flexibility index (Phi) is 5.27. The van der Waals surface area contributed by atoms with Crippen LogP contribution in [0.3, 0.4) is 0 Å². The van der Waals surface area contributed by atoms with Gasteiger partial charge >= 0.3 is 0 Å². The van der Waals surface area contributed by atoms with Gasteiger partial charge in [0.2, 0.25) is 15.9 Å². The molecule has 8 heteroatoms. The molecular weight excluding hydrogens is 370 g/mol. The highest BCUT2D eigenvalue weighted by atomic mass is 32.2. The van der Waals surface area contributed by atoms with E-state index in [9.17, 15) is 13.2 Å². The van der Waals surface area contributed by atoms with E-state index in [4.69, 9.17) is 5.14 Å². The van der Waals surface area contributed by atoms with Crippen molar-refractivity contribution in [2.45, 2.75) is 29.2 Å². The van der Waals surface area contributed by atoms with Crippen LogP contribution in [-0.2, 0) is 21.2 Å². The Morgan fingerprint density at radius 3 is 2.77 bits per heavy atom. The van der Waals surface area contributed by atoms with Crippen molar-refractivity contribution in [1.29, 1.82) is 0 Å². The fraction of sp³-hybridized carbons (Fsp3) is 0.278. The van der Waals surface area contributed by atoms with Gasteiger partial charge in [0.15, 0.2) is 0 Å². The van der Waals surface area contributed by atoms with Crippen molar-refractivity contribution in [3.05, 3.63) is 48.0 Å². The molecule has 0 aromatic heterocycles. The molecule has 26 heavy (non-hydrogen) atoms. The Morgan fingerprint density at radius 1 is 1.31 bits per heavy atom. The third-order valence-electron chi connectivity index (χ3n) is 4.40. The van der Waals surface area contributed by atoms with Crippen LogP contribution < -0.4 is 15.4 Å². The highest BCUT2D eigenvalue weighted by Crippen LogP contribution is 2.33. The van der Waals surface area contributed by atoms with Crippen LogP contribution in [0.4, 0.5) is 11.4 Å². The molecule has 0 spiro atoms. The molecule has 1 aliphatic rings. The molecule has 2 aromatic rings. The van der Waals surface area contributed by atoms with Gasteiger partial charge in [0.25, 0.3) is 0 Å². The minimum Gasteiger partial charge on any atom is -0.359 e. The molecule has 0 bridgehead atoms. The SMILES string of the molecule is CSc1cccc(NC(=O)CN2c3ccc(S(N)(=O)=O)cc3C[C@@H]2C)c1. The first-order valence-corrected chi connectivity index (χ1v) is 10.9. The Hall–Kier alpha value is -2.03. The van der Waals surface area contributed by atoms with Crippen LogP contribution in [-0.4, -0.2) is 33.2 Å². The van der Waals surface area contributed by atoms with Gasteiger partial charge in [-0.05, 0) is 61.6 Å². The van der Waals surface area contributed by atoms with Crippen molar-refractivity contribution >= 4 is 39.1 Å². The minimum atomic E-state index is -3.73. The quantitative estimate of drug-likeness (QED) is 0.764. The number of amides is 1. The smallest absolute Gasteiger partial charge is 0.243 e. The summed E-state index contributed by atoms with van der Waals surface area (Å²) in [5, 5.41) is 8.12. The van der Waals surface area contributed by atoms with Gasteiger partial charge in [0, 0.05) is 22.3 Å². The molecule has 1 amide bonds. The van der Waals surface area contributed by atoms with Crippen LogP contribution in [0.2, 0.25) is 0 Å². The molecule has 0 saturated carbocycles. The summed E-state index contributed by atoms with van der Waals surface area (Å²) in [5.41, 5.74) is 2.53. The van der Waals surface area contributed by atoms with Gasteiger partial charge in [-0.25, -0.2) is 13.6 Å². The van der Waals surface area contributed by atoms with Crippen LogP contribution in [0.15, 0.2) is 52.3 Å². The zero-order valence-electron chi connectivity index (χ0n) is 14.6. The maximum Gasteiger partial charge on any atom is 0.243 e. The van der Waals surface area contributed by atoms with E-state index in [1.165, 1.54) is 6.07 Å². The summed E-state index contributed by atoms with van der Waals surface area (Å²) < 4.78 is 23.1. The molecule has 1 heterocycles. The molecule has 3 N–H and O–H groups in total. The maximum atomic E-state index is 12.5. The fourth-order valence-corrected chi connectivity index (χ4v) is 4.17. The summed E-state index contributed by atoms with van der Waals surface area (Å²) >= 11 is 1.62. The van der Waals surface area contributed by atoms with Crippen LogP contribution in [0.1, 0.15) is 12.5 Å². The molecule has 1 atom stereocenters. The average molecular weight is 392 g/mol. The lowest BCUT2D eigenvalue weighted by Crippen LogP contribution is -2.37. The van der Waals surface area contributed by atoms with Gasteiger partial charge < -0.3 is 10.2 Å². The van der Waals surface area contributed by atoms with E-state index in [0.717, 1.165) is 21.8 Å². The number of nitrogens with two attached hydrogens (primary N) is 1. The van der Waals surface area contributed by atoms with Crippen LogP contribution in [0.25, 0.3) is 0 Å². The Bertz CT molecular complexity index is 944. The third kappa shape index (κ3) is 4.03. The standard InChI is InChI=1S/C18H21N3O3S2/c1-12-8-13-9-16(26(19,23)24)6-7-17(13)21(12)11-18(22)20-14-4-3-5-15(10-14)25-2/h3-7,9-10,12H,8,11H2,1-2H3,(H,20,22)(H2,19,23,24)/t12-/m0/s1. The summed E-state index contributed by atoms with van der Waals surface area (Å²) in [6, 6.07) is 12.6. The van der Waals surface area contributed by atoms with Gasteiger partial charge in [-0.1, -0.05) is 6.07 Å². The molecule has 3 rings (SSSR count). The third-order valence-corrected chi connectivity index (χ3v) is 6.04. The van der Waals surface area contributed by atoms with E-state index in [1.807, 2.05) is 42.3 Å². The number of thioether (sulfide) groups is 1. The zero-order chi connectivity index (χ0) is 18.9. The van der Waals surface area contributed by atoms with Crippen LogP contribution in [0.5, 0.6) is 0 Å². The highest BCUT2D eigenvalue weighted by molar-refractivity contribution is 7.98. The maximum absolute atomic E-state index is 12.5. The number of nitrogens with zero attached hydrogens (tertiary/aromatic N) is 1. The predicted molar refractivity (Wildman–Crippen MR) is 105 cm³/mol. The number of carbonyl (C=O) groups is 1. The van der Waals surface area contributed by atoms with Crippen molar-refractivity contribution in [3.63, 3.8) is 0 Å². The normalized spacial score (nSPS) is 16.4. The van der Waals surface area contributed by atoms with Crippen molar-refractivity contribution in [2.24, 2.45) is 5.14 Å². The Balaban J connectivity index is 1.75. The van der Waals surface area contributed by atoms with E-state index in [1.54, 1.807) is 23.9 Å². The topological polar surface area (TPSA) is 92.5 Å². The largest absolute Gasteiger partial charge is 0.359 e. The lowest BCUT2D eigenvalue weighted by molar-refractivity contribution is -0.115. The number of nitrogens with one attached hydrogen (secondary N) is 1. The molecule has 0 radical (unpaired) electrons. The summed E-state index contributed by atoms with van der Waals surface area (Å²) in [6.45, 7) is 2.21. The van der Waals surface area contributed by atoms with Gasteiger partial charge in [0.05, 0.1) is 11.4 Å². The van der Waals surface area contributed by atoms with E-state index in [2.05, 4.69) is 5.32 Å². The summed E-state index contributed by atoms with van der Waals surface area (Å²) in [4.78, 5) is 15.6. The molecule has 6 nitrogen and oxygen atoms in total. The summed E-state index contributed by atoms with van der Waals surface area (Å²) in [6.07, 6.45) is 2.66.